The van der Waals surface area contributed by atoms with E-state index in [2.05, 4.69) is 50.7 Å². The van der Waals surface area contributed by atoms with Crippen LogP contribution in [0.15, 0.2) is 16.3 Å². The summed E-state index contributed by atoms with van der Waals surface area (Å²) >= 11 is 6.83. The predicted molar refractivity (Wildman–Crippen MR) is 63.7 cm³/mol. The maximum absolute atomic E-state index is 4.38. The van der Waals surface area contributed by atoms with Crippen LogP contribution in [0.2, 0.25) is 0 Å². The highest BCUT2D eigenvalue weighted by atomic mass is 79.9. The van der Waals surface area contributed by atoms with Gasteiger partial charge in [0, 0.05) is 16.9 Å². The van der Waals surface area contributed by atoms with E-state index in [4.69, 9.17) is 0 Å². The van der Waals surface area contributed by atoms with E-state index in [0.29, 0.717) is 0 Å². The lowest BCUT2D eigenvalue weighted by atomic mass is 10.3. The molecule has 0 spiro atoms. The van der Waals surface area contributed by atoms with Gasteiger partial charge in [0.2, 0.25) is 0 Å². The van der Waals surface area contributed by atoms with Gasteiger partial charge in [-0.15, -0.1) is 0 Å². The normalized spacial score (nSPS) is 13.7. The molecule has 0 radical (unpaired) electrons. The first-order chi connectivity index (χ1) is 5.76. The largest absolute Gasteiger partial charge is 0.265 e. The Labute approximate surface area is 91.6 Å². The van der Waals surface area contributed by atoms with E-state index in [-0.39, 0.29) is 0 Å². The second-order valence-corrected chi connectivity index (χ2v) is 3.72. The maximum atomic E-state index is 4.38. The van der Waals surface area contributed by atoms with Gasteiger partial charge in [-0.25, -0.2) is 0 Å². The zero-order chi connectivity index (χ0) is 9.40. The van der Waals surface area contributed by atoms with Gasteiger partial charge in [-0.2, -0.15) is 0 Å². The molecule has 1 nitrogen and oxygen atoms in total. The zero-order valence-electron chi connectivity index (χ0n) is 7.61. The molecule has 0 heterocycles. The van der Waals surface area contributed by atoms with Crippen LogP contribution in [0.1, 0.15) is 26.7 Å². The number of allylic oxidation sites excluding steroid dienone is 2. The smallest absolute Gasteiger partial charge is 0.0502 e. The summed E-state index contributed by atoms with van der Waals surface area (Å²) < 4.78 is 0. The van der Waals surface area contributed by atoms with Crippen molar-refractivity contribution in [2.45, 2.75) is 26.7 Å². The Kier molecular flexibility index (Phi) is 8.24. The van der Waals surface area contributed by atoms with Crippen LogP contribution < -0.4 is 0 Å². The summed E-state index contributed by atoms with van der Waals surface area (Å²) in [6.07, 6.45) is 4.21. The molecule has 0 aromatic carbocycles. The third-order valence-corrected chi connectivity index (χ3v) is 2.86. The number of rotatable bonds is 5. The lowest BCUT2D eigenvalue weighted by Crippen LogP contribution is -1.89. The van der Waals surface area contributed by atoms with Crippen LogP contribution in [0.25, 0.3) is 0 Å². The second-order valence-electron chi connectivity index (χ2n) is 2.59. The second kappa shape index (κ2) is 7.99. The van der Waals surface area contributed by atoms with E-state index in [9.17, 15) is 0 Å². The van der Waals surface area contributed by atoms with Crippen LogP contribution in [-0.4, -0.2) is 16.9 Å². The molecule has 0 unspecified atom stereocenters. The van der Waals surface area contributed by atoms with Gasteiger partial charge in [0.15, 0.2) is 0 Å². The summed E-state index contributed by atoms with van der Waals surface area (Å²) in [6, 6.07) is 0. The highest BCUT2D eigenvalue weighted by Gasteiger charge is 1.96. The molecule has 0 aliphatic heterocycles. The van der Waals surface area contributed by atoms with Gasteiger partial charge in [0.25, 0.3) is 0 Å². The zero-order valence-corrected chi connectivity index (χ0v) is 10.8. The van der Waals surface area contributed by atoms with E-state index < -0.39 is 0 Å². The molecule has 0 bridgehead atoms. The summed E-state index contributed by atoms with van der Waals surface area (Å²) in [5, 5.41) is 1.74. The fraction of sp³-hybridized carbons (Fsp3) is 0.667. The molecule has 0 N–H and O–H groups in total. The van der Waals surface area contributed by atoms with E-state index >= 15 is 0 Å². The molecule has 0 aliphatic rings. The van der Waals surface area contributed by atoms with Gasteiger partial charge in [-0.05, 0) is 18.9 Å². The molecule has 0 aliphatic carbocycles. The van der Waals surface area contributed by atoms with Crippen LogP contribution in [0.4, 0.5) is 0 Å². The molecular weight excluding hydrogens is 282 g/mol. The van der Waals surface area contributed by atoms with Gasteiger partial charge in [0.1, 0.15) is 0 Å². The van der Waals surface area contributed by atoms with Crippen LogP contribution in [0, 0.1) is 0 Å². The van der Waals surface area contributed by atoms with E-state index in [1.165, 1.54) is 5.57 Å². The third-order valence-electron chi connectivity index (χ3n) is 1.48. The molecule has 0 rings (SSSR count). The van der Waals surface area contributed by atoms with E-state index in [1.54, 1.807) is 0 Å². The van der Waals surface area contributed by atoms with Crippen LogP contribution in [0.3, 0.4) is 0 Å². The van der Waals surface area contributed by atoms with Crippen molar-refractivity contribution in [3.63, 3.8) is 0 Å². The number of alkyl halides is 2. The molecule has 0 aromatic heterocycles. The third kappa shape index (κ3) is 5.09. The molecule has 12 heavy (non-hydrogen) atoms. The Balaban J connectivity index is 4.16. The van der Waals surface area contributed by atoms with Crippen molar-refractivity contribution in [1.82, 2.24) is 0 Å². The fourth-order valence-corrected chi connectivity index (χ4v) is 1.59. The molecule has 70 valence electrons. The summed E-state index contributed by atoms with van der Waals surface area (Å²) in [5.74, 6) is 0. The predicted octanol–water partition coefficient (Wildman–Crippen LogP) is 3.92. The van der Waals surface area contributed by atoms with Crippen molar-refractivity contribution >= 4 is 38.1 Å². The Morgan fingerprint density at radius 3 is 2.42 bits per heavy atom. The SMILES string of the molecule is CCCC=NC(CBr)=C(C)CBr. The van der Waals surface area contributed by atoms with Gasteiger partial charge in [-0.3, -0.25) is 4.99 Å². The minimum atomic E-state index is 0.838. The Morgan fingerprint density at radius 1 is 1.33 bits per heavy atom. The average Bonchev–Trinajstić information content (AvgIpc) is 2.11. The maximum Gasteiger partial charge on any atom is 0.0502 e. The summed E-state index contributed by atoms with van der Waals surface area (Å²) in [7, 11) is 0. The summed E-state index contributed by atoms with van der Waals surface area (Å²) in [6.45, 7) is 4.25. The minimum Gasteiger partial charge on any atom is -0.265 e. The monoisotopic (exact) mass is 295 g/mol. The summed E-state index contributed by atoms with van der Waals surface area (Å²) in [5.41, 5.74) is 2.43. The molecule has 0 atom stereocenters. The highest BCUT2D eigenvalue weighted by molar-refractivity contribution is 9.09. The molecule has 0 aromatic rings. The number of nitrogens with zero attached hydrogens (tertiary/aromatic N) is 1. The van der Waals surface area contributed by atoms with Crippen molar-refractivity contribution in [2.24, 2.45) is 4.99 Å². The van der Waals surface area contributed by atoms with Gasteiger partial charge >= 0.3 is 0 Å². The van der Waals surface area contributed by atoms with Crippen molar-refractivity contribution in [3.05, 3.63) is 11.3 Å². The van der Waals surface area contributed by atoms with E-state index in [1.807, 2.05) is 6.21 Å². The number of hydrogen-bond acceptors (Lipinski definition) is 1. The Morgan fingerprint density at radius 2 is 2.00 bits per heavy atom. The van der Waals surface area contributed by atoms with Crippen molar-refractivity contribution in [1.29, 1.82) is 0 Å². The molecule has 3 heteroatoms. The van der Waals surface area contributed by atoms with Crippen molar-refractivity contribution < 1.29 is 0 Å². The topological polar surface area (TPSA) is 12.4 Å². The molecule has 0 fully saturated rings. The first-order valence-electron chi connectivity index (χ1n) is 4.09. The first kappa shape index (κ1) is 12.4. The molecule has 0 amide bonds. The van der Waals surface area contributed by atoms with Gasteiger partial charge in [-0.1, -0.05) is 45.2 Å². The quantitative estimate of drug-likeness (QED) is 0.539. The number of aliphatic imine (C=N–C) groups is 1. The Bertz CT molecular complexity index is 173. The Hall–Kier alpha value is 0.370. The molecular formula is C9H15Br2N. The van der Waals surface area contributed by atoms with Crippen molar-refractivity contribution in [2.75, 3.05) is 10.7 Å². The first-order valence-corrected chi connectivity index (χ1v) is 6.33. The highest BCUT2D eigenvalue weighted by Crippen LogP contribution is 2.10. The average molecular weight is 297 g/mol. The standard InChI is InChI=1S/C9H15Br2N/c1-3-4-5-12-9(7-11)8(2)6-10/h5H,3-4,6-7H2,1-2H3. The molecule has 0 saturated heterocycles. The van der Waals surface area contributed by atoms with Gasteiger partial charge < -0.3 is 0 Å². The molecule has 0 saturated carbocycles. The van der Waals surface area contributed by atoms with Gasteiger partial charge in [0.05, 0.1) is 5.70 Å². The minimum absolute atomic E-state index is 0.838. The number of hydrogen-bond donors (Lipinski definition) is 0. The van der Waals surface area contributed by atoms with E-state index in [0.717, 1.165) is 29.2 Å². The number of halogens is 2. The fourth-order valence-electron chi connectivity index (χ4n) is 0.640. The van der Waals surface area contributed by atoms with Crippen LogP contribution in [-0.2, 0) is 0 Å². The lowest BCUT2D eigenvalue weighted by Gasteiger charge is -2.00. The van der Waals surface area contributed by atoms with Crippen LogP contribution in [0.5, 0.6) is 0 Å². The van der Waals surface area contributed by atoms with Crippen LogP contribution >= 0.6 is 31.9 Å². The van der Waals surface area contributed by atoms with Crippen molar-refractivity contribution in [3.8, 4) is 0 Å². The number of unbranched alkanes of at least 4 members (excludes halogenated alkanes) is 1. The lowest BCUT2D eigenvalue weighted by molar-refractivity contribution is 1.00. The summed E-state index contributed by atoms with van der Waals surface area (Å²) in [4.78, 5) is 4.38.